The molecule has 0 radical (unpaired) electrons. The van der Waals surface area contributed by atoms with Crippen LogP contribution in [0.1, 0.15) is 6.92 Å². The van der Waals surface area contributed by atoms with Crippen molar-refractivity contribution in [1.82, 2.24) is 10.6 Å². The predicted molar refractivity (Wildman–Crippen MR) is 93.3 cm³/mol. The summed E-state index contributed by atoms with van der Waals surface area (Å²) in [4.78, 5) is 0. The number of ether oxygens (including phenoxy) is 2. The molecule has 0 fully saturated rings. The number of rotatable bonds is 14. The predicted octanol–water partition coefficient (Wildman–Crippen LogP) is 6.88. The van der Waals surface area contributed by atoms with E-state index < -0.39 is 92.5 Å². The van der Waals surface area contributed by atoms with Crippen molar-refractivity contribution in [1.29, 1.82) is 0 Å². The fourth-order valence-electron chi connectivity index (χ4n) is 2.34. The van der Waals surface area contributed by atoms with Crippen LogP contribution < -0.4 is 10.6 Å². The molecule has 0 amide bonds. The number of alkyl halides is 21. The minimum atomic E-state index is -7.40. The molecule has 0 saturated carbocycles. The Morgan fingerprint density at radius 1 is 0.476 bits per heavy atom. The van der Waals surface area contributed by atoms with Crippen LogP contribution in [0.4, 0.5) is 92.2 Å². The Hall–Kier alpha value is -1.89. The monoisotopic (exact) mass is 678 g/mol. The van der Waals surface area contributed by atoms with Crippen molar-refractivity contribution in [2.24, 2.45) is 0 Å². The minimum Gasteiger partial charge on any atom is -0.310 e. The molecule has 0 aliphatic carbocycles. The van der Waals surface area contributed by atoms with Crippen LogP contribution in [-0.2, 0) is 9.47 Å². The van der Waals surface area contributed by atoms with Crippen molar-refractivity contribution in [3.8, 4) is 0 Å². The van der Waals surface area contributed by atoms with Gasteiger partial charge in [0, 0.05) is 13.1 Å². The van der Waals surface area contributed by atoms with Crippen LogP contribution in [0.3, 0.4) is 0 Å². The van der Waals surface area contributed by atoms with Crippen molar-refractivity contribution in [3.63, 3.8) is 0 Å². The Morgan fingerprint density at radius 2 is 0.810 bits per heavy atom. The quantitative estimate of drug-likeness (QED) is 0.120. The molecule has 0 spiro atoms. The number of hydrogen-bond donors (Lipinski definition) is 2. The van der Waals surface area contributed by atoms with Crippen LogP contribution in [0.25, 0.3) is 0 Å². The molecule has 0 saturated heterocycles. The molecule has 252 valence electrons. The number of nitrogens with one attached hydrogen (secondary N) is 2. The molecule has 25 heteroatoms. The van der Waals surface area contributed by atoms with E-state index in [0.717, 1.165) is 10.6 Å². The lowest BCUT2D eigenvalue weighted by atomic mass is 10.1. The average Bonchev–Trinajstić information content (AvgIpc) is 2.72. The van der Waals surface area contributed by atoms with Gasteiger partial charge in [-0.1, -0.05) is 6.08 Å². The van der Waals surface area contributed by atoms with Crippen LogP contribution in [0, 0.1) is 0 Å². The second-order valence-electron chi connectivity index (χ2n) is 7.82. The Kier molecular flexibility index (Phi) is 11.7. The molecule has 3 unspecified atom stereocenters. The van der Waals surface area contributed by atoms with E-state index in [2.05, 4.69) is 9.47 Å². The molecule has 3 atom stereocenters. The molecule has 0 bridgehead atoms. The van der Waals surface area contributed by atoms with Crippen molar-refractivity contribution in [2.75, 3.05) is 26.2 Å². The average molecular weight is 678 g/mol. The van der Waals surface area contributed by atoms with E-state index in [1.54, 1.807) is 0 Å². The fraction of sp³-hybridized carbons (Fsp3) is 0.882. The summed E-state index contributed by atoms with van der Waals surface area (Å²) >= 11 is 0. The number of allylic oxidation sites excluding steroid dienone is 1. The molecule has 0 heterocycles. The first-order valence-electron chi connectivity index (χ1n) is 10.1. The highest BCUT2D eigenvalue weighted by molar-refractivity contribution is 5.07. The summed E-state index contributed by atoms with van der Waals surface area (Å²) in [7, 11) is 0. The molecule has 0 aliphatic rings. The van der Waals surface area contributed by atoms with Gasteiger partial charge in [0.15, 0.2) is 0 Å². The lowest BCUT2D eigenvalue weighted by Crippen LogP contribution is -2.63. The molecular formula is C17H15F21N2O2. The zero-order chi connectivity index (χ0) is 34.1. The maximum absolute atomic E-state index is 14.4. The van der Waals surface area contributed by atoms with Crippen molar-refractivity contribution in [3.05, 3.63) is 12.2 Å². The Labute approximate surface area is 219 Å². The summed E-state index contributed by atoms with van der Waals surface area (Å²) in [5, 5.41) is 2.19. The van der Waals surface area contributed by atoms with Gasteiger partial charge in [-0.15, -0.1) is 0 Å². The lowest BCUT2D eigenvalue weighted by Gasteiger charge is -2.38. The van der Waals surface area contributed by atoms with Gasteiger partial charge in [-0.25, -0.2) is 8.78 Å². The number of halogens is 21. The maximum atomic E-state index is 14.4. The normalized spacial score (nSPS) is 19.5. The summed E-state index contributed by atoms with van der Waals surface area (Å²) in [6.07, 6.45) is -35.8. The highest BCUT2D eigenvalue weighted by Gasteiger charge is 2.78. The first-order chi connectivity index (χ1) is 18.2. The van der Waals surface area contributed by atoms with Crippen molar-refractivity contribution >= 4 is 0 Å². The van der Waals surface area contributed by atoms with Gasteiger partial charge in [0.2, 0.25) is 0 Å². The lowest BCUT2D eigenvalue weighted by molar-refractivity contribution is -0.481. The Bertz CT molecular complexity index is 910. The highest BCUT2D eigenvalue weighted by Crippen LogP contribution is 2.52. The topological polar surface area (TPSA) is 42.5 Å². The van der Waals surface area contributed by atoms with E-state index in [4.69, 9.17) is 0 Å². The summed E-state index contributed by atoms with van der Waals surface area (Å²) in [6, 6.07) is 0. The van der Waals surface area contributed by atoms with E-state index in [1.165, 1.54) is 0 Å². The molecule has 2 N–H and O–H groups in total. The van der Waals surface area contributed by atoms with E-state index in [0.29, 0.717) is 6.92 Å². The minimum absolute atomic E-state index is 0.0339. The number of hydrogen-bond acceptors (Lipinski definition) is 4. The second kappa shape index (κ2) is 12.2. The molecule has 0 aromatic heterocycles. The summed E-state index contributed by atoms with van der Waals surface area (Å²) in [5.41, 5.74) is 0. The zero-order valence-electron chi connectivity index (χ0n) is 19.7. The van der Waals surface area contributed by atoms with Crippen LogP contribution in [0.2, 0.25) is 0 Å². The van der Waals surface area contributed by atoms with Crippen LogP contribution >= 0.6 is 0 Å². The van der Waals surface area contributed by atoms with Gasteiger partial charge in [-0.3, -0.25) is 9.47 Å². The molecule has 0 rings (SSSR count). The molecule has 0 aliphatic heterocycles. The van der Waals surface area contributed by atoms with Crippen molar-refractivity contribution < 1.29 is 102 Å². The third kappa shape index (κ3) is 8.39. The molecule has 0 aromatic rings. The molecular weight excluding hydrogens is 663 g/mol. The van der Waals surface area contributed by atoms with Gasteiger partial charge in [0.05, 0.1) is 13.1 Å². The zero-order valence-corrected chi connectivity index (χ0v) is 19.7. The van der Waals surface area contributed by atoms with E-state index in [1.807, 2.05) is 0 Å². The largest absolute Gasteiger partial charge is 0.462 e. The highest BCUT2D eigenvalue weighted by atomic mass is 19.4. The summed E-state index contributed by atoms with van der Waals surface area (Å²) in [5.74, 6) is -31.9. The smallest absolute Gasteiger partial charge is 0.310 e. The van der Waals surface area contributed by atoms with Crippen molar-refractivity contribution in [2.45, 2.75) is 67.1 Å². The third-order valence-corrected chi connectivity index (χ3v) is 4.52. The van der Waals surface area contributed by atoms with Gasteiger partial charge in [0.1, 0.15) is 0 Å². The van der Waals surface area contributed by atoms with Gasteiger partial charge in [-0.05, 0) is 13.0 Å². The van der Waals surface area contributed by atoms with E-state index in [9.17, 15) is 92.2 Å². The van der Waals surface area contributed by atoms with Crippen LogP contribution in [-0.4, -0.2) is 86.4 Å². The van der Waals surface area contributed by atoms with Gasteiger partial charge >= 0.3 is 60.2 Å². The van der Waals surface area contributed by atoms with Gasteiger partial charge < -0.3 is 10.6 Å². The molecule has 4 nitrogen and oxygen atoms in total. The fourth-order valence-corrected chi connectivity index (χ4v) is 2.34. The second-order valence-corrected chi connectivity index (χ2v) is 7.82. The first-order valence-corrected chi connectivity index (χ1v) is 10.1. The van der Waals surface area contributed by atoms with E-state index >= 15 is 0 Å². The summed E-state index contributed by atoms with van der Waals surface area (Å²) < 4.78 is 278. The molecule has 42 heavy (non-hydrogen) atoms. The first kappa shape index (κ1) is 40.1. The third-order valence-electron chi connectivity index (χ3n) is 4.52. The van der Waals surface area contributed by atoms with Gasteiger partial charge in [-0.2, -0.15) is 83.4 Å². The maximum Gasteiger partial charge on any atom is 0.462 e. The van der Waals surface area contributed by atoms with E-state index in [-0.39, 0.29) is 6.08 Å². The summed E-state index contributed by atoms with van der Waals surface area (Å²) in [6.45, 7) is -7.87. The Morgan fingerprint density at radius 3 is 1.10 bits per heavy atom. The van der Waals surface area contributed by atoms with Crippen LogP contribution in [0.5, 0.6) is 0 Å². The molecule has 0 aromatic carbocycles. The standard InChI is InChI=1S/C17H15F21N2O2/c1-2-3-8(18,11(21,22)15(31,32)33)41-9(19,13(25,26)27)6-39-4-5-40-7-10(20,14(28,29)30)42-17(37,38)12(23,24)16(34,35)36/h2-3,39-40H,4-7H2,1H3. The SMILES string of the molecule is CC=CC(F)(OC(F)(CNCCNCC(F)(OC(F)(F)C(F)(F)C(F)(F)F)C(F)(F)F)C(F)(F)F)C(F)(F)C(F)(F)F. The van der Waals surface area contributed by atoms with Gasteiger partial charge in [0.25, 0.3) is 0 Å². The van der Waals surface area contributed by atoms with Crippen LogP contribution in [0.15, 0.2) is 12.2 Å². The Balaban J connectivity index is 5.70.